The lowest BCUT2D eigenvalue weighted by molar-refractivity contribution is -0.116. The molecule has 1 fully saturated rings. The molecular weight excluding hydrogens is 396 g/mol. The van der Waals surface area contributed by atoms with Crippen LogP contribution < -0.4 is 15.5 Å². The number of rotatable bonds is 7. The maximum atomic E-state index is 12.5. The van der Waals surface area contributed by atoms with Crippen molar-refractivity contribution in [2.45, 2.75) is 25.7 Å². The summed E-state index contributed by atoms with van der Waals surface area (Å²) in [6.45, 7) is 2.18. The Morgan fingerprint density at radius 2 is 1.70 bits per heavy atom. The quantitative estimate of drug-likeness (QED) is 0.587. The van der Waals surface area contributed by atoms with E-state index in [9.17, 15) is 9.59 Å². The Kier molecular flexibility index (Phi) is 6.39. The van der Waals surface area contributed by atoms with Gasteiger partial charge in [0.15, 0.2) is 5.13 Å². The lowest BCUT2D eigenvalue weighted by Crippen LogP contribution is -2.17. The Morgan fingerprint density at radius 1 is 0.967 bits per heavy atom. The average molecular weight is 421 g/mol. The lowest BCUT2D eigenvalue weighted by Gasteiger charge is -2.17. The number of anilines is 3. The van der Waals surface area contributed by atoms with Crippen molar-refractivity contribution in [2.75, 3.05) is 28.6 Å². The van der Waals surface area contributed by atoms with Gasteiger partial charge in [0.25, 0.3) is 5.91 Å². The van der Waals surface area contributed by atoms with Crippen molar-refractivity contribution < 1.29 is 9.59 Å². The number of carbonyl (C=O) groups excluding carboxylic acids is 2. The second-order valence-corrected chi connectivity index (χ2v) is 8.12. The maximum absolute atomic E-state index is 12.5. The van der Waals surface area contributed by atoms with Crippen LogP contribution in [0.1, 0.15) is 35.3 Å². The molecule has 30 heavy (non-hydrogen) atoms. The van der Waals surface area contributed by atoms with Crippen LogP contribution >= 0.6 is 11.3 Å². The monoisotopic (exact) mass is 420 g/mol. The van der Waals surface area contributed by atoms with Gasteiger partial charge in [0.05, 0.1) is 0 Å². The van der Waals surface area contributed by atoms with Crippen LogP contribution in [0.3, 0.4) is 0 Å². The fraction of sp³-hybridized carbons (Fsp3) is 0.261. The van der Waals surface area contributed by atoms with E-state index in [1.165, 1.54) is 29.9 Å². The number of hydrogen-bond acceptors (Lipinski definition) is 5. The number of benzene rings is 2. The summed E-state index contributed by atoms with van der Waals surface area (Å²) in [7, 11) is 0. The highest BCUT2D eigenvalue weighted by Crippen LogP contribution is 2.23. The van der Waals surface area contributed by atoms with Gasteiger partial charge < -0.3 is 15.5 Å². The van der Waals surface area contributed by atoms with Gasteiger partial charge in [-0.1, -0.05) is 30.3 Å². The first-order valence-electron chi connectivity index (χ1n) is 10.1. The molecule has 4 rings (SSSR count). The minimum absolute atomic E-state index is 0.113. The molecule has 0 unspecified atom stereocenters. The van der Waals surface area contributed by atoms with Crippen molar-refractivity contribution in [1.29, 1.82) is 0 Å². The highest BCUT2D eigenvalue weighted by atomic mass is 32.1. The van der Waals surface area contributed by atoms with Gasteiger partial charge in [-0.05, 0) is 49.1 Å². The number of aryl methyl sites for hydroxylation is 1. The predicted octanol–water partition coefficient (Wildman–Crippen LogP) is 4.57. The number of aromatic nitrogens is 1. The van der Waals surface area contributed by atoms with Gasteiger partial charge in [-0.3, -0.25) is 9.59 Å². The first-order chi connectivity index (χ1) is 14.7. The summed E-state index contributed by atoms with van der Waals surface area (Å²) < 4.78 is 0. The summed E-state index contributed by atoms with van der Waals surface area (Å²) in [5, 5.41) is 7.72. The van der Waals surface area contributed by atoms with Crippen molar-refractivity contribution >= 4 is 39.7 Å². The second-order valence-electron chi connectivity index (χ2n) is 7.27. The standard InChI is InChI=1S/C23H24N4O2S/c28-21(13-8-17-6-2-1-3-7-17)26-23-25-20(16-30-23)22(29)24-18-9-11-19(12-10-18)27-14-4-5-15-27/h1-3,6-7,9-12,16H,4-5,8,13-15H2,(H,24,29)(H,25,26,28). The van der Waals surface area contributed by atoms with Gasteiger partial charge in [-0.2, -0.15) is 0 Å². The third-order valence-electron chi connectivity index (χ3n) is 5.06. The zero-order chi connectivity index (χ0) is 20.8. The van der Waals surface area contributed by atoms with E-state index in [0.717, 1.165) is 24.3 Å². The molecule has 0 saturated carbocycles. The molecule has 2 aromatic carbocycles. The molecule has 0 atom stereocenters. The largest absolute Gasteiger partial charge is 0.372 e. The molecule has 1 saturated heterocycles. The molecule has 0 spiro atoms. The molecule has 6 nitrogen and oxygen atoms in total. The minimum Gasteiger partial charge on any atom is -0.372 e. The van der Waals surface area contributed by atoms with Gasteiger partial charge in [-0.15, -0.1) is 11.3 Å². The van der Waals surface area contributed by atoms with Crippen LogP contribution in [-0.2, 0) is 11.2 Å². The van der Waals surface area contributed by atoms with E-state index in [1.807, 2.05) is 54.6 Å². The normalized spacial score (nSPS) is 13.3. The molecule has 0 radical (unpaired) electrons. The molecule has 7 heteroatoms. The first-order valence-corrected chi connectivity index (χ1v) is 11.0. The van der Waals surface area contributed by atoms with E-state index in [2.05, 4.69) is 20.5 Å². The minimum atomic E-state index is -0.287. The molecular formula is C23H24N4O2S. The fourth-order valence-corrected chi connectivity index (χ4v) is 4.15. The summed E-state index contributed by atoms with van der Waals surface area (Å²) >= 11 is 1.25. The Morgan fingerprint density at radius 3 is 2.43 bits per heavy atom. The van der Waals surface area contributed by atoms with Crippen LogP contribution in [0.25, 0.3) is 0 Å². The van der Waals surface area contributed by atoms with Gasteiger partial charge in [-0.25, -0.2) is 4.98 Å². The topological polar surface area (TPSA) is 74.3 Å². The average Bonchev–Trinajstić information content (AvgIpc) is 3.46. The molecule has 2 amide bonds. The van der Waals surface area contributed by atoms with Crippen molar-refractivity contribution in [3.8, 4) is 0 Å². The van der Waals surface area contributed by atoms with Crippen molar-refractivity contribution in [3.63, 3.8) is 0 Å². The lowest BCUT2D eigenvalue weighted by atomic mass is 10.1. The maximum Gasteiger partial charge on any atom is 0.275 e. The number of nitrogens with one attached hydrogen (secondary N) is 2. The zero-order valence-corrected chi connectivity index (χ0v) is 17.5. The molecule has 1 aliphatic heterocycles. The molecule has 2 heterocycles. The van der Waals surface area contributed by atoms with Gasteiger partial charge >= 0.3 is 0 Å². The molecule has 2 N–H and O–H groups in total. The van der Waals surface area contributed by atoms with Crippen LogP contribution in [0.15, 0.2) is 60.0 Å². The molecule has 1 aromatic heterocycles. The Hall–Kier alpha value is -3.19. The van der Waals surface area contributed by atoms with E-state index in [-0.39, 0.29) is 11.8 Å². The molecule has 0 bridgehead atoms. The Balaban J connectivity index is 1.28. The number of hydrogen-bond donors (Lipinski definition) is 2. The number of carbonyl (C=O) groups is 2. The number of amides is 2. The summed E-state index contributed by atoms with van der Waals surface area (Å²) in [6.07, 6.45) is 3.49. The number of nitrogens with zero attached hydrogens (tertiary/aromatic N) is 2. The summed E-state index contributed by atoms with van der Waals surface area (Å²) in [6, 6.07) is 17.7. The third kappa shape index (κ3) is 5.24. The van der Waals surface area contributed by atoms with Gasteiger partial charge in [0, 0.05) is 36.3 Å². The van der Waals surface area contributed by atoms with E-state index in [4.69, 9.17) is 0 Å². The summed E-state index contributed by atoms with van der Waals surface area (Å²) in [5.41, 5.74) is 3.31. The summed E-state index contributed by atoms with van der Waals surface area (Å²) in [4.78, 5) is 31.2. The SMILES string of the molecule is O=C(CCc1ccccc1)Nc1nc(C(=O)Nc2ccc(N3CCCC3)cc2)cs1. The highest BCUT2D eigenvalue weighted by molar-refractivity contribution is 7.14. The van der Waals surface area contributed by atoms with Crippen LogP contribution in [0.4, 0.5) is 16.5 Å². The van der Waals surface area contributed by atoms with Crippen molar-refractivity contribution in [2.24, 2.45) is 0 Å². The van der Waals surface area contributed by atoms with Crippen LogP contribution in [-0.4, -0.2) is 29.9 Å². The summed E-state index contributed by atoms with van der Waals surface area (Å²) in [5.74, 6) is -0.400. The molecule has 1 aliphatic rings. The smallest absolute Gasteiger partial charge is 0.275 e. The molecule has 0 aliphatic carbocycles. The van der Waals surface area contributed by atoms with Gasteiger partial charge in [0.2, 0.25) is 5.91 Å². The van der Waals surface area contributed by atoms with E-state index >= 15 is 0 Å². The first kappa shape index (κ1) is 20.1. The van der Waals surface area contributed by atoms with Crippen LogP contribution in [0.5, 0.6) is 0 Å². The number of thiazole rings is 1. The third-order valence-corrected chi connectivity index (χ3v) is 5.82. The predicted molar refractivity (Wildman–Crippen MR) is 121 cm³/mol. The second kappa shape index (κ2) is 9.54. The van der Waals surface area contributed by atoms with E-state index in [1.54, 1.807) is 5.38 Å². The molecule has 154 valence electrons. The Labute approximate surface area is 180 Å². The van der Waals surface area contributed by atoms with E-state index < -0.39 is 0 Å². The van der Waals surface area contributed by atoms with Gasteiger partial charge in [0.1, 0.15) is 5.69 Å². The van der Waals surface area contributed by atoms with Crippen LogP contribution in [0.2, 0.25) is 0 Å². The highest BCUT2D eigenvalue weighted by Gasteiger charge is 2.14. The zero-order valence-electron chi connectivity index (χ0n) is 16.6. The van der Waals surface area contributed by atoms with Crippen molar-refractivity contribution in [1.82, 2.24) is 4.98 Å². The fourth-order valence-electron chi connectivity index (χ4n) is 3.45. The van der Waals surface area contributed by atoms with Crippen LogP contribution in [0, 0.1) is 0 Å². The molecule has 3 aromatic rings. The Bertz CT molecular complexity index is 996. The van der Waals surface area contributed by atoms with E-state index in [0.29, 0.717) is 23.7 Å². The van der Waals surface area contributed by atoms with Crippen molar-refractivity contribution in [3.05, 3.63) is 71.2 Å².